The number of nitrogens with zero attached hydrogens (tertiary/aromatic N) is 2. The molecule has 1 aliphatic heterocycles. The third-order valence-corrected chi connectivity index (χ3v) is 3.28. The predicted octanol–water partition coefficient (Wildman–Crippen LogP) is 3.58. The Kier molecular flexibility index (Phi) is 3.53. The number of piperidine rings is 1. The molecular weight excluding hydrogens is 348 g/mol. The summed E-state index contributed by atoms with van der Waals surface area (Å²) in [5, 5.41) is 0.343. The van der Waals surface area contributed by atoms with Crippen molar-refractivity contribution < 1.29 is 8.78 Å². The lowest BCUT2D eigenvalue weighted by Crippen LogP contribution is -2.43. The van der Waals surface area contributed by atoms with Crippen LogP contribution in [0.2, 0.25) is 5.15 Å². The smallest absolute Gasteiger partial charge is 0.265 e. The first-order chi connectivity index (χ1) is 7.46. The van der Waals surface area contributed by atoms with Crippen LogP contribution in [0.15, 0.2) is 12.1 Å². The molecule has 0 aromatic carbocycles. The summed E-state index contributed by atoms with van der Waals surface area (Å²) >= 11 is 7.91. The minimum Gasteiger partial charge on any atom is -0.351 e. The van der Waals surface area contributed by atoms with Crippen LogP contribution in [0, 0.1) is 3.57 Å². The van der Waals surface area contributed by atoms with Crippen molar-refractivity contribution in [2.75, 3.05) is 18.0 Å². The molecule has 0 bridgehead atoms. The molecule has 88 valence electrons. The minimum absolute atomic E-state index is 0.0405. The zero-order valence-electron chi connectivity index (χ0n) is 8.39. The van der Waals surface area contributed by atoms with Gasteiger partial charge in [-0.15, -0.1) is 0 Å². The van der Waals surface area contributed by atoms with Crippen LogP contribution in [0.5, 0.6) is 0 Å². The van der Waals surface area contributed by atoms with E-state index in [1.54, 1.807) is 17.0 Å². The zero-order valence-corrected chi connectivity index (χ0v) is 11.3. The van der Waals surface area contributed by atoms with E-state index in [-0.39, 0.29) is 13.0 Å². The maximum atomic E-state index is 13.2. The molecule has 2 rings (SSSR count). The normalized spacial score (nSPS) is 19.9. The van der Waals surface area contributed by atoms with Crippen molar-refractivity contribution in [2.45, 2.75) is 18.8 Å². The van der Waals surface area contributed by atoms with Gasteiger partial charge in [0.2, 0.25) is 0 Å². The van der Waals surface area contributed by atoms with Gasteiger partial charge in [0.05, 0.1) is 6.54 Å². The molecular formula is C10H10ClF2IN2. The maximum Gasteiger partial charge on any atom is 0.265 e. The number of alkyl halides is 2. The van der Waals surface area contributed by atoms with Crippen LogP contribution in [0.3, 0.4) is 0 Å². The fourth-order valence-corrected chi connectivity index (χ4v) is 2.74. The average Bonchev–Trinajstić information content (AvgIpc) is 2.14. The number of hydrogen-bond donors (Lipinski definition) is 0. The summed E-state index contributed by atoms with van der Waals surface area (Å²) in [6.07, 6.45) is 0.443. The molecule has 16 heavy (non-hydrogen) atoms. The van der Waals surface area contributed by atoms with Crippen LogP contribution < -0.4 is 4.90 Å². The van der Waals surface area contributed by atoms with Crippen molar-refractivity contribution in [3.05, 3.63) is 20.9 Å². The fraction of sp³-hybridized carbons (Fsp3) is 0.500. The van der Waals surface area contributed by atoms with E-state index < -0.39 is 5.92 Å². The fourth-order valence-electron chi connectivity index (χ4n) is 1.78. The Morgan fingerprint density at radius 3 is 2.81 bits per heavy atom. The van der Waals surface area contributed by atoms with E-state index in [9.17, 15) is 8.78 Å². The maximum absolute atomic E-state index is 13.2. The van der Waals surface area contributed by atoms with Gasteiger partial charge in [0.15, 0.2) is 0 Å². The second-order valence-corrected chi connectivity index (χ2v) is 5.48. The Balaban J connectivity index is 2.23. The first-order valence-electron chi connectivity index (χ1n) is 4.92. The third kappa shape index (κ3) is 2.94. The van der Waals surface area contributed by atoms with E-state index in [4.69, 9.17) is 11.6 Å². The van der Waals surface area contributed by atoms with E-state index in [2.05, 4.69) is 27.6 Å². The molecule has 0 atom stereocenters. The summed E-state index contributed by atoms with van der Waals surface area (Å²) in [6, 6.07) is 3.47. The molecule has 0 spiro atoms. The molecule has 2 heterocycles. The molecule has 0 N–H and O–H groups in total. The Labute approximate surface area is 111 Å². The van der Waals surface area contributed by atoms with Gasteiger partial charge in [0, 0.05) is 16.5 Å². The van der Waals surface area contributed by atoms with Crippen molar-refractivity contribution in [3.8, 4) is 0 Å². The first kappa shape index (κ1) is 12.3. The van der Waals surface area contributed by atoms with Crippen molar-refractivity contribution in [1.29, 1.82) is 0 Å². The summed E-state index contributed by atoms with van der Waals surface area (Å²) in [5.41, 5.74) is 0. The minimum atomic E-state index is -2.62. The van der Waals surface area contributed by atoms with Crippen LogP contribution >= 0.6 is 34.2 Å². The molecule has 6 heteroatoms. The Morgan fingerprint density at radius 1 is 1.44 bits per heavy atom. The number of aromatic nitrogens is 1. The average molecular weight is 359 g/mol. The van der Waals surface area contributed by atoms with Crippen molar-refractivity contribution in [3.63, 3.8) is 0 Å². The van der Waals surface area contributed by atoms with Gasteiger partial charge in [-0.25, -0.2) is 13.8 Å². The van der Waals surface area contributed by atoms with E-state index >= 15 is 0 Å². The highest BCUT2D eigenvalue weighted by molar-refractivity contribution is 14.1. The molecule has 1 fully saturated rings. The molecule has 0 aliphatic carbocycles. The van der Waals surface area contributed by atoms with Gasteiger partial charge in [-0.2, -0.15) is 0 Å². The predicted molar refractivity (Wildman–Crippen MR) is 68.4 cm³/mol. The van der Waals surface area contributed by atoms with Crippen LogP contribution in [0.4, 0.5) is 14.6 Å². The quantitative estimate of drug-likeness (QED) is 0.563. The highest BCUT2D eigenvalue weighted by atomic mass is 127. The summed E-state index contributed by atoms with van der Waals surface area (Å²) in [6.45, 7) is 0.343. The van der Waals surface area contributed by atoms with Crippen LogP contribution in [0.1, 0.15) is 12.8 Å². The lowest BCUT2D eigenvalue weighted by atomic mass is 10.1. The Hall–Kier alpha value is -0.170. The second-order valence-electron chi connectivity index (χ2n) is 3.85. The van der Waals surface area contributed by atoms with E-state index in [1.165, 1.54) is 0 Å². The second kappa shape index (κ2) is 4.60. The number of pyridine rings is 1. The van der Waals surface area contributed by atoms with E-state index in [0.29, 0.717) is 23.9 Å². The number of hydrogen-bond acceptors (Lipinski definition) is 2. The van der Waals surface area contributed by atoms with Crippen LogP contribution in [-0.2, 0) is 0 Å². The molecule has 0 radical (unpaired) electrons. The standard InChI is InChI=1S/C10H10ClF2IN2/c11-8-4-7(14)5-9(15-8)16-3-1-2-10(12,13)6-16/h4-5H,1-3,6H2. The molecule has 0 unspecified atom stereocenters. The molecule has 1 saturated heterocycles. The monoisotopic (exact) mass is 358 g/mol. The molecule has 1 aromatic heterocycles. The van der Waals surface area contributed by atoms with Gasteiger partial charge in [-0.1, -0.05) is 11.6 Å². The Bertz CT molecular complexity index is 380. The SMILES string of the molecule is FC1(F)CCCN(c2cc(I)cc(Cl)n2)C1. The lowest BCUT2D eigenvalue weighted by Gasteiger charge is -2.33. The molecule has 0 amide bonds. The van der Waals surface area contributed by atoms with Crippen molar-refractivity contribution >= 4 is 40.0 Å². The van der Waals surface area contributed by atoms with Gasteiger partial charge in [-0.3, -0.25) is 0 Å². The van der Waals surface area contributed by atoms with E-state index in [1.807, 2.05) is 0 Å². The van der Waals surface area contributed by atoms with E-state index in [0.717, 1.165) is 3.57 Å². The molecule has 1 aliphatic rings. The molecule has 2 nitrogen and oxygen atoms in total. The highest BCUT2D eigenvalue weighted by Gasteiger charge is 2.35. The lowest BCUT2D eigenvalue weighted by molar-refractivity contribution is -0.0118. The Morgan fingerprint density at radius 2 is 2.19 bits per heavy atom. The summed E-state index contributed by atoms with van der Waals surface area (Å²) in [4.78, 5) is 5.67. The first-order valence-corrected chi connectivity index (χ1v) is 6.38. The number of halogens is 4. The largest absolute Gasteiger partial charge is 0.351 e. The number of rotatable bonds is 1. The topological polar surface area (TPSA) is 16.1 Å². The summed E-state index contributed by atoms with van der Waals surface area (Å²) in [7, 11) is 0. The van der Waals surface area contributed by atoms with Gasteiger partial charge < -0.3 is 4.90 Å². The highest BCUT2D eigenvalue weighted by Crippen LogP contribution is 2.30. The van der Waals surface area contributed by atoms with Gasteiger partial charge >= 0.3 is 0 Å². The summed E-state index contributed by atoms with van der Waals surface area (Å²) < 4.78 is 27.4. The molecule has 1 aromatic rings. The van der Waals surface area contributed by atoms with Gasteiger partial charge in [-0.05, 0) is 41.1 Å². The van der Waals surface area contributed by atoms with Gasteiger partial charge in [0.1, 0.15) is 11.0 Å². The third-order valence-electron chi connectivity index (χ3n) is 2.46. The number of anilines is 1. The summed E-state index contributed by atoms with van der Waals surface area (Å²) in [5.74, 6) is -2.08. The van der Waals surface area contributed by atoms with Crippen LogP contribution in [-0.4, -0.2) is 24.0 Å². The van der Waals surface area contributed by atoms with Crippen LogP contribution in [0.25, 0.3) is 0 Å². The van der Waals surface area contributed by atoms with Crippen molar-refractivity contribution in [1.82, 2.24) is 4.98 Å². The van der Waals surface area contributed by atoms with Crippen molar-refractivity contribution in [2.24, 2.45) is 0 Å². The van der Waals surface area contributed by atoms with Gasteiger partial charge in [0.25, 0.3) is 5.92 Å². The molecule has 0 saturated carbocycles. The zero-order chi connectivity index (χ0) is 11.8.